The fraction of sp³-hybridized carbons (Fsp3) is 0.333. The van der Waals surface area contributed by atoms with E-state index < -0.39 is 0 Å². The lowest BCUT2D eigenvalue weighted by Crippen LogP contribution is -1.92. The third kappa shape index (κ3) is 2.35. The van der Waals surface area contributed by atoms with Crippen LogP contribution in [-0.2, 0) is 6.42 Å². The molecule has 2 rings (SSSR count). The molecule has 0 bridgehead atoms. The molecule has 1 aromatic rings. The smallest absolute Gasteiger partial charge is 0.115 e. The van der Waals surface area contributed by atoms with Crippen LogP contribution in [0.15, 0.2) is 40.6 Å². The van der Waals surface area contributed by atoms with Gasteiger partial charge in [0.15, 0.2) is 0 Å². The Balaban J connectivity index is 2.41. The minimum absolute atomic E-state index is 0.862. The van der Waals surface area contributed by atoms with Crippen LogP contribution in [0.25, 0.3) is 6.08 Å². The molecule has 0 radical (unpaired) electrons. The first-order valence-corrected chi connectivity index (χ1v) is 5.75. The second-order valence-electron chi connectivity index (χ2n) is 4.50. The summed E-state index contributed by atoms with van der Waals surface area (Å²) in [5, 5.41) is 0. The third-order valence-corrected chi connectivity index (χ3v) is 2.99. The monoisotopic (exact) mass is 214 g/mol. The minimum Gasteiger partial charge on any atom is -0.468 e. The van der Waals surface area contributed by atoms with Gasteiger partial charge in [-0.25, -0.2) is 0 Å². The van der Waals surface area contributed by atoms with Gasteiger partial charge in [-0.05, 0) is 32.3 Å². The maximum atomic E-state index is 5.59. The first kappa shape index (κ1) is 11.0. The zero-order valence-electron chi connectivity index (χ0n) is 10.0. The zero-order chi connectivity index (χ0) is 11.5. The average Bonchev–Trinajstić information content (AvgIpc) is 2.57. The standard InChI is InChI=1S/C15H18O/c1-11-5-4-6-12(2)9-15-14(8-7-11)13(3)10-16-15/h5,7-8,10H,2,4,6,9H2,1,3H3/b8-7-,11-5-. The molecule has 1 nitrogen and oxygen atoms in total. The summed E-state index contributed by atoms with van der Waals surface area (Å²) in [6, 6.07) is 0. The molecule has 0 fully saturated rings. The van der Waals surface area contributed by atoms with Crippen LogP contribution in [-0.4, -0.2) is 0 Å². The van der Waals surface area contributed by atoms with Gasteiger partial charge < -0.3 is 4.42 Å². The van der Waals surface area contributed by atoms with Crippen LogP contribution in [0.1, 0.15) is 36.7 Å². The summed E-state index contributed by atoms with van der Waals surface area (Å²) in [4.78, 5) is 0. The Hall–Kier alpha value is -1.50. The van der Waals surface area contributed by atoms with Gasteiger partial charge in [-0.1, -0.05) is 36.0 Å². The lowest BCUT2D eigenvalue weighted by Gasteiger charge is -2.06. The van der Waals surface area contributed by atoms with Gasteiger partial charge in [0.1, 0.15) is 5.76 Å². The summed E-state index contributed by atoms with van der Waals surface area (Å²) in [5.41, 5.74) is 4.97. The van der Waals surface area contributed by atoms with E-state index in [1.54, 1.807) is 0 Å². The molecule has 0 atom stereocenters. The summed E-state index contributed by atoms with van der Waals surface area (Å²) in [5.74, 6) is 1.05. The minimum atomic E-state index is 0.862. The molecule has 0 saturated heterocycles. The largest absolute Gasteiger partial charge is 0.468 e. The summed E-state index contributed by atoms with van der Waals surface area (Å²) in [7, 11) is 0. The Kier molecular flexibility index (Phi) is 3.14. The Labute approximate surface area is 97.2 Å². The number of fused-ring (bicyclic) bond motifs is 1. The van der Waals surface area contributed by atoms with Gasteiger partial charge in [-0.2, -0.15) is 0 Å². The van der Waals surface area contributed by atoms with Crippen molar-refractivity contribution in [2.24, 2.45) is 0 Å². The molecule has 0 spiro atoms. The van der Waals surface area contributed by atoms with Crippen molar-refractivity contribution < 1.29 is 4.42 Å². The van der Waals surface area contributed by atoms with Gasteiger partial charge in [0.05, 0.1) is 6.26 Å². The summed E-state index contributed by atoms with van der Waals surface area (Å²) in [6.07, 6.45) is 11.4. The van der Waals surface area contributed by atoms with Crippen molar-refractivity contribution in [3.05, 3.63) is 53.0 Å². The molecular weight excluding hydrogens is 196 g/mol. The van der Waals surface area contributed by atoms with Crippen LogP contribution >= 0.6 is 0 Å². The number of allylic oxidation sites excluding steroid dienone is 4. The Morgan fingerprint density at radius 3 is 2.88 bits per heavy atom. The van der Waals surface area contributed by atoms with E-state index in [0.717, 1.165) is 25.0 Å². The van der Waals surface area contributed by atoms with E-state index in [4.69, 9.17) is 4.42 Å². The molecule has 1 aliphatic rings. The predicted octanol–water partition coefficient (Wildman–Crippen LogP) is 4.44. The van der Waals surface area contributed by atoms with Crippen LogP contribution in [0.2, 0.25) is 0 Å². The van der Waals surface area contributed by atoms with Crippen LogP contribution in [0, 0.1) is 6.92 Å². The van der Waals surface area contributed by atoms with Crippen molar-refractivity contribution in [1.29, 1.82) is 0 Å². The SMILES string of the molecule is C=C1CC/C=C(C)\C=C/c2c(C)coc2C1. The fourth-order valence-electron chi connectivity index (χ4n) is 1.97. The van der Waals surface area contributed by atoms with E-state index in [-0.39, 0.29) is 0 Å². The molecule has 0 N–H and O–H groups in total. The van der Waals surface area contributed by atoms with Gasteiger partial charge >= 0.3 is 0 Å². The summed E-state index contributed by atoms with van der Waals surface area (Å²) < 4.78 is 5.59. The van der Waals surface area contributed by atoms with Crippen LogP contribution in [0.5, 0.6) is 0 Å². The molecule has 16 heavy (non-hydrogen) atoms. The van der Waals surface area contributed by atoms with Crippen molar-refractivity contribution >= 4 is 6.08 Å². The second-order valence-corrected chi connectivity index (χ2v) is 4.50. The molecular formula is C15H18O. The van der Waals surface area contributed by atoms with E-state index in [9.17, 15) is 0 Å². The summed E-state index contributed by atoms with van der Waals surface area (Å²) >= 11 is 0. The van der Waals surface area contributed by atoms with E-state index in [2.05, 4.69) is 38.7 Å². The number of hydrogen-bond acceptors (Lipinski definition) is 1. The molecule has 0 unspecified atom stereocenters. The quantitative estimate of drug-likeness (QED) is 0.582. The maximum Gasteiger partial charge on any atom is 0.115 e. The highest BCUT2D eigenvalue weighted by atomic mass is 16.3. The van der Waals surface area contributed by atoms with E-state index in [0.29, 0.717) is 0 Å². The van der Waals surface area contributed by atoms with Crippen molar-refractivity contribution in [2.45, 2.75) is 33.1 Å². The second kappa shape index (κ2) is 4.56. The number of rotatable bonds is 0. The predicted molar refractivity (Wildman–Crippen MR) is 68.3 cm³/mol. The van der Waals surface area contributed by atoms with E-state index in [1.165, 1.54) is 22.3 Å². The van der Waals surface area contributed by atoms with Gasteiger partial charge in [-0.3, -0.25) is 0 Å². The first-order valence-electron chi connectivity index (χ1n) is 5.75. The zero-order valence-corrected chi connectivity index (χ0v) is 10.0. The Morgan fingerprint density at radius 2 is 2.06 bits per heavy atom. The number of furan rings is 1. The molecule has 1 aromatic heterocycles. The number of hydrogen-bond donors (Lipinski definition) is 0. The van der Waals surface area contributed by atoms with Crippen molar-refractivity contribution in [2.75, 3.05) is 0 Å². The van der Waals surface area contributed by atoms with Gasteiger partial charge in [0.2, 0.25) is 0 Å². The van der Waals surface area contributed by atoms with E-state index >= 15 is 0 Å². The normalized spacial score (nSPS) is 22.1. The Bertz CT molecular complexity index is 458. The van der Waals surface area contributed by atoms with E-state index in [1.807, 2.05) is 6.26 Å². The van der Waals surface area contributed by atoms with Gasteiger partial charge in [0.25, 0.3) is 0 Å². The van der Waals surface area contributed by atoms with Gasteiger partial charge in [-0.15, -0.1) is 0 Å². The van der Waals surface area contributed by atoms with Crippen molar-refractivity contribution in [3.8, 4) is 0 Å². The highest BCUT2D eigenvalue weighted by Gasteiger charge is 2.10. The van der Waals surface area contributed by atoms with Gasteiger partial charge in [0, 0.05) is 12.0 Å². The first-order chi connectivity index (χ1) is 7.66. The fourth-order valence-corrected chi connectivity index (χ4v) is 1.97. The molecule has 1 heterocycles. The molecule has 84 valence electrons. The third-order valence-electron chi connectivity index (χ3n) is 2.99. The topological polar surface area (TPSA) is 13.1 Å². The lowest BCUT2D eigenvalue weighted by molar-refractivity contribution is 0.515. The molecule has 0 aromatic carbocycles. The molecule has 1 heteroatoms. The van der Waals surface area contributed by atoms with Crippen molar-refractivity contribution in [3.63, 3.8) is 0 Å². The molecule has 0 aliphatic heterocycles. The number of aryl methyl sites for hydroxylation is 1. The molecule has 1 aliphatic carbocycles. The average molecular weight is 214 g/mol. The Morgan fingerprint density at radius 1 is 1.25 bits per heavy atom. The molecule has 0 amide bonds. The van der Waals surface area contributed by atoms with Crippen LogP contribution in [0.3, 0.4) is 0 Å². The lowest BCUT2D eigenvalue weighted by atomic mass is 10.00. The van der Waals surface area contributed by atoms with Crippen molar-refractivity contribution in [1.82, 2.24) is 0 Å². The highest BCUT2D eigenvalue weighted by Crippen LogP contribution is 2.24. The highest BCUT2D eigenvalue weighted by molar-refractivity contribution is 5.58. The molecule has 0 saturated carbocycles. The van der Waals surface area contributed by atoms with Crippen LogP contribution in [0.4, 0.5) is 0 Å². The summed E-state index contributed by atoms with van der Waals surface area (Å²) in [6.45, 7) is 8.33. The maximum absolute atomic E-state index is 5.59. The van der Waals surface area contributed by atoms with Crippen LogP contribution < -0.4 is 0 Å².